The zero-order valence-corrected chi connectivity index (χ0v) is 17.2. The van der Waals surface area contributed by atoms with E-state index in [1.165, 1.54) is 22.8 Å². The molecule has 8 heteroatoms. The lowest BCUT2D eigenvalue weighted by Gasteiger charge is -2.21. The van der Waals surface area contributed by atoms with Crippen LogP contribution in [-0.4, -0.2) is 16.4 Å². The van der Waals surface area contributed by atoms with E-state index in [0.717, 1.165) is 32.1 Å². The predicted molar refractivity (Wildman–Crippen MR) is 115 cm³/mol. The molecule has 1 aliphatic rings. The third-order valence-electron chi connectivity index (χ3n) is 5.75. The van der Waals surface area contributed by atoms with Crippen LogP contribution in [0.15, 0.2) is 51.7 Å². The molecular formula is C23H24FN3O4. The Morgan fingerprint density at radius 2 is 1.84 bits per heavy atom. The van der Waals surface area contributed by atoms with E-state index in [0.29, 0.717) is 16.8 Å². The van der Waals surface area contributed by atoms with E-state index in [1.807, 2.05) is 0 Å². The number of anilines is 2. The fraction of sp³-hybridized carbons (Fsp3) is 0.348. The third-order valence-corrected chi connectivity index (χ3v) is 5.75. The number of oxazole rings is 1. The van der Waals surface area contributed by atoms with Crippen LogP contribution in [0.25, 0.3) is 11.1 Å². The van der Waals surface area contributed by atoms with Crippen molar-refractivity contribution < 1.29 is 18.4 Å². The largest absolute Gasteiger partial charge is 0.420 e. The maximum absolute atomic E-state index is 14.3. The highest BCUT2D eigenvalue weighted by Crippen LogP contribution is 2.27. The van der Waals surface area contributed by atoms with Gasteiger partial charge in [0.1, 0.15) is 11.9 Å². The zero-order chi connectivity index (χ0) is 22.0. The van der Waals surface area contributed by atoms with Crippen molar-refractivity contribution in [3.8, 4) is 0 Å². The van der Waals surface area contributed by atoms with Crippen molar-refractivity contribution in [2.45, 2.75) is 45.1 Å². The molecule has 162 valence electrons. The van der Waals surface area contributed by atoms with Crippen molar-refractivity contribution in [2.75, 3.05) is 10.6 Å². The first-order valence-corrected chi connectivity index (χ1v) is 10.5. The van der Waals surface area contributed by atoms with Gasteiger partial charge in [-0.2, -0.15) is 0 Å². The average Bonchev–Trinajstić information content (AvgIpc) is 3.11. The van der Waals surface area contributed by atoms with Gasteiger partial charge in [-0.15, -0.1) is 0 Å². The Labute approximate surface area is 178 Å². The molecule has 1 fully saturated rings. The van der Waals surface area contributed by atoms with E-state index in [4.69, 9.17) is 4.42 Å². The van der Waals surface area contributed by atoms with Crippen molar-refractivity contribution in [3.05, 3.63) is 58.8 Å². The Morgan fingerprint density at radius 1 is 1.10 bits per heavy atom. The monoisotopic (exact) mass is 425 g/mol. The van der Waals surface area contributed by atoms with Crippen molar-refractivity contribution in [2.24, 2.45) is 5.92 Å². The summed E-state index contributed by atoms with van der Waals surface area (Å²) in [6, 6.07) is 9.96. The van der Waals surface area contributed by atoms with Crippen molar-refractivity contribution in [1.29, 1.82) is 0 Å². The van der Waals surface area contributed by atoms with Gasteiger partial charge >= 0.3 is 5.76 Å². The van der Waals surface area contributed by atoms with Crippen LogP contribution in [0, 0.1) is 11.7 Å². The second kappa shape index (κ2) is 8.75. The highest BCUT2D eigenvalue weighted by atomic mass is 19.1. The smallest absolute Gasteiger partial charge is 0.408 e. The summed E-state index contributed by atoms with van der Waals surface area (Å²) in [4.78, 5) is 37.5. The molecule has 0 saturated heterocycles. The minimum absolute atomic E-state index is 0.0203. The molecule has 1 atom stereocenters. The van der Waals surface area contributed by atoms with E-state index in [-0.39, 0.29) is 17.5 Å². The number of aromatic nitrogens is 1. The van der Waals surface area contributed by atoms with Crippen molar-refractivity contribution >= 4 is 34.3 Å². The lowest BCUT2D eigenvalue weighted by atomic mass is 9.88. The molecule has 4 rings (SSSR count). The Bertz CT molecular complexity index is 1180. The molecule has 2 aromatic carbocycles. The number of hydrogen-bond acceptors (Lipinski definition) is 4. The molecule has 2 N–H and O–H groups in total. The van der Waals surface area contributed by atoms with Crippen LogP contribution < -0.4 is 16.4 Å². The Morgan fingerprint density at radius 3 is 2.61 bits per heavy atom. The number of carbonyl (C=O) groups is 2. The number of hydrogen-bond donors (Lipinski definition) is 2. The molecule has 1 aromatic heterocycles. The maximum Gasteiger partial charge on any atom is 0.420 e. The van der Waals surface area contributed by atoms with E-state index in [2.05, 4.69) is 10.6 Å². The number of nitrogens with one attached hydrogen (secondary N) is 2. The van der Waals surface area contributed by atoms with Crippen LogP contribution in [0.4, 0.5) is 15.8 Å². The fourth-order valence-electron chi connectivity index (χ4n) is 4.01. The van der Waals surface area contributed by atoms with Crippen molar-refractivity contribution in [1.82, 2.24) is 4.57 Å². The van der Waals surface area contributed by atoms with Crippen LogP contribution in [0.2, 0.25) is 0 Å². The summed E-state index contributed by atoms with van der Waals surface area (Å²) < 4.78 is 20.7. The number of nitrogens with zero attached hydrogens (tertiary/aromatic N) is 1. The minimum atomic E-state index is -0.860. The molecule has 1 saturated carbocycles. The second-order valence-electron chi connectivity index (χ2n) is 7.89. The fourth-order valence-corrected chi connectivity index (χ4v) is 4.01. The number of carbonyl (C=O) groups excluding carboxylic acids is 2. The molecule has 1 unspecified atom stereocenters. The van der Waals surface area contributed by atoms with E-state index in [1.54, 1.807) is 31.2 Å². The molecule has 3 aromatic rings. The summed E-state index contributed by atoms with van der Waals surface area (Å²) >= 11 is 0. The standard InChI is InChI=1S/C23H24FN3O4/c1-14(27-19-9-5-6-10-20(19)31-23(27)30)21(28)25-16-11-12-17(24)18(13-16)26-22(29)15-7-3-2-4-8-15/h5-6,9-15H,2-4,7-8H2,1H3,(H,25,28)(H,26,29). The summed E-state index contributed by atoms with van der Waals surface area (Å²) in [5.74, 6) is -2.00. The number of para-hydroxylation sites is 2. The zero-order valence-electron chi connectivity index (χ0n) is 17.2. The summed E-state index contributed by atoms with van der Waals surface area (Å²) in [6.45, 7) is 1.58. The Kier molecular flexibility index (Phi) is 5.88. The Hall–Kier alpha value is -3.42. The lowest BCUT2D eigenvalue weighted by molar-refractivity contribution is -0.121. The third kappa shape index (κ3) is 4.38. The van der Waals surface area contributed by atoms with E-state index in [9.17, 15) is 18.8 Å². The summed E-state index contributed by atoms with van der Waals surface area (Å²) in [6.07, 6.45) is 4.71. The highest BCUT2D eigenvalue weighted by molar-refractivity contribution is 5.96. The van der Waals surface area contributed by atoms with Crippen LogP contribution in [0.5, 0.6) is 0 Å². The molecule has 1 heterocycles. The Balaban J connectivity index is 1.50. The van der Waals surface area contributed by atoms with Gasteiger partial charge in [0, 0.05) is 11.6 Å². The normalized spacial score (nSPS) is 15.5. The first-order valence-electron chi connectivity index (χ1n) is 10.5. The summed E-state index contributed by atoms with van der Waals surface area (Å²) in [5.41, 5.74) is 1.24. The second-order valence-corrected chi connectivity index (χ2v) is 7.89. The molecule has 0 spiro atoms. The highest BCUT2D eigenvalue weighted by Gasteiger charge is 2.23. The van der Waals surface area contributed by atoms with Crippen LogP contribution in [0.3, 0.4) is 0 Å². The summed E-state index contributed by atoms with van der Waals surface area (Å²) in [7, 11) is 0. The molecular weight excluding hydrogens is 401 g/mol. The van der Waals surface area contributed by atoms with Gasteiger partial charge in [-0.1, -0.05) is 31.4 Å². The van der Waals surface area contributed by atoms with Crippen LogP contribution in [-0.2, 0) is 9.59 Å². The van der Waals surface area contributed by atoms with Gasteiger partial charge in [0.15, 0.2) is 5.58 Å². The van der Waals surface area contributed by atoms with Gasteiger partial charge in [0.05, 0.1) is 11.2 Å². The SMILES string of the molecule is CC(C(=O)Nc1ccc(F)c(NC(=O)C2CCCCC2)c1)n1c(=O)oc2ccccc21. The van der Waals surface area contributed by atoms with Gasteiger partial charge in [0.2, 0.25) is 11.8 Å². The number of rotatable bonds is 5. The van der Waals surface area contributed by atoms with Crippen molar-refractivity contribution in [3.63, 3.8) is 0 Å². The molecule has 7 nitrogen and oxygen atoms in total. The molecule has 31 heavy (non-hydrogen) atoms. The molecule has 2 amide bonds. The van der Waals surface area contributed by atoms with Gasteiger partial charge in [-0.3, -0.25) is 14.2 Å². The predicted octanol–water partition coefficient (Wildman–Crippen LogP) is 4.45. The quantitative estimate of drug-likeness (QED) is 0.631. The number of amides is 2. The minimum Gasteiger partial charge on any atom is -0.408 e. The molecule has 0 aliphatic heterocycles. The van der Waals surface area contributed by atoms with Crippen LogP contribution >= 0.6 is 0 Å². The first-order chi connectivity index (χ1) is 14.9. The van der Waals surface area contributed by atoms with Crippen LogP contribution in [0.1, 0.15) is 45.1 Å². The first kappa shape index (κ1) is 20.8. The average molecular weight is 425 g/mol. The van der Waals surface area contributed by atoms with E-state index < -0.39 is 23.5 Å². The summed E-state index contributed by atoms with van der Waals surface area (Å²) in [5, 5.41) is 5.33. The van der Waals surface area contributed by atoms with Gasteiger partial charge in [0.25, 0.3) is 0 Å². The molecule has 0 bridgehead atoms. The topological polar surface area (TPSA) is 93.3 Å². The lowest BCUT2D eigenvalue weighted by Crippen LogP contribution is -2.29. The molecule has 0 radical (unpaired) electrons. The number of halogens is 1. The maximum atomic E-state index is 14.3. The van der Waals surface area contributed by atoms with Gasteiger partial charge in [-0.25, -0.2) is 9.18 Å². The number of benzene rings is 2. The van der Waals surface area contributed by atoms with E-state index >= 15 is 0 Å². The van der Waals surface area contributed by atoms with Gasteiger partial charge < -0.3 is 15.1 Å². The number of fused-ring (bicyclic) bond motifs is 1. The van der Waals surface area contributed by atoms with Gasteiger partial charge in [-0.05, 0) is 50.1 Å². The molecule has 1 aliphatic carbocycles.